The molecule has 1 aromatic heterocycles. The van der Waals surface area contributed by atoms with Crippen LogP contribution in [0.2, 0.25) is 0 Å². The minimum atomic E-state index is -0.135. The summed E-state index contributed by atoms with van der Waals surface area (Å²) >= 11 is 3.30. The smallest absolute Gasteiger partial charge is 0.316 e. The molecular weight excluding hydrogens is 349 g/mol. The van der Waals surface area contributed by atoms with E-state index in [0.717, 1.165) is 36.0 Å². The molecule has 0 radical (unpaired) electrons. The number of aromatic nitrogens is 2. The van der Waals surface area contributed by atoms with Crippen molar-refractivity contribution in [3.63, 3.8) is 0 Å². The molecule has 0 amide bonds. The van der Waals surface area contributed by atoms with Gasteiger partial charge in [-0.1, -0.05) is 18.2 Å². The zero-order chi connectivity index (χ0) is 15.4. The second-order valence-corrected chi connectivity index (χ2v) is 6.28. The molecule has 0 unspecified atom stereocenters. The number of rotatable bonds is 4. The van der Waals surface area contributed by atoms with Gasteiger partial charge in [0.25, 0.3) is 0 Å². The molecule has 4 nitrogen and oxygen atoms in total. The first kappa shape index (κ1) is 15.4. The first-order valence-electron chi connectivity index (χ1n) is 7.30. The van der Waals surface area contributed by atoms with Gasteiger partial charge in [-0.3, -0.25) is 4.90 Å². The highest BCUT2D eigenvalue weighted by molar-refractivity contribution is 9.10. The van der Waals surface area contributed by atoms with E-state index in [1.807, 2.05) is 12.1 Å². The van der Waals surface area contributed by atoms with Crippen molar-refractivity contribution in [3.8, 4) is 6.01 Å². The standard InChI is InChI=1S/C16H17BrFN3O/c17-13-9-19-16(20-10-13)22-14-5-7-21(8-6-14)11-12-3-1-2-4-15(12)18/h1-4,9-10,14H,5-8,11H2. The third kappa shape index (κ3) is 4.01. The second-order valence-electron chi connectivity index (χ2n) is 5.37. The summed E-state index contributed by atoms with van der Waals surface area (Å²) in [7, 11) is 0. The van der Waals surface area contributed by atoms with E-state index in [4.69, 9.17) is 4.74 Å². The molecule has 6 heteroatoms. The maximum atomic E-state index is 13.7. The molecule has 1 saturated heterocycles. The van der Waals surface area contributed by atoms with Crippen LogP contribution in [0.15, 0.2) is 41.1 Å². The highest BCUT2D eigenvalue weighted by Crippen LogP contribution is 2.19. The topological polar surface area (TPSA) is 38.2 Å². The van der Waals surface area contributed by atoms with Crippen LogP contribution in [0.25, 0.3) is 0 Å². The molecular formula is C16H17BrFN3O. The normalized spacial score (nSPS) is 16.6. The number of nitrogens with zero attached hydrogens (tertiary/aromatic N) is 3. The Morgan fingerprint density at radius 1 is 1.18 bits per heavy atom. The van der Waals surface area contributed by atoms with Gasteiger partial charge in [-0.05, 0) is 34.8 Å². The van der Waals surface area contributed by atoms with Crippen LogP contribution < -0.4 is 4.74 Å². The van der Waals surface area contributed by atoms with Crippen LogP contribution in [0.1, 0.15) is 18.4 Å². The second kappa shape index (κ2) is 7.15. The zero-order valence-corrected chi connectivity index (χ0v) is 13.7. The fraction of sp³-hybridized carbons (Fsp3) is 0.375. The molecule has 2 aromatic rings. The van der Waals surface area contributed by atoms with Gasteiger partial charge in [0.2, 0.25) is 0 Å². The summed E-state index contributed by atoms with van der Waals surface area (Å²) in [5.74, 6) is -0.135. The highest BCUT2D eigenvalue weighted by Gasteiger charge is 2.21. The molecule has 1 fully saturated rings. The van der Waals surface area contributed by atoms with Crippen LogP contribution in [0.3, 0.4) is 0 Å². The van der Waals surface area contributed by atoms with Crippen LogP contribution in [-0.2, 0) is 6.54 Å². The lowest BCUT2D eigenvalue weighted by Crippen LogP contribution is -2.38. The summed E-state index contributed by atoms with van der Waals surface area (Å²) in [6, 6.07) is 7.36. The molecule has 2 heterocycles. The van der Waals surface area contributed by atoms with Gasteiger partial charge in [0, 0.05) is 37.6 Å². The van der Waals surface area contributed by atoms with Crippen LogP contribution in [0.5, 0.6) is 6.01 Å². The van der Waals surface area contributed by atoms with Crippen LogP contribution in [0, 0.1) is 5.82 Å². The van der Waals surface area contributed by atoms with Gasteiger partial charge in [0.1, 0.15) is 11.9 Å². The molecule has 0 N–H and O–H groups in total. The average molecular weight is 366 g/mol. The summed E-state index contributed by atoms with van der Waals surface area (Å²) in [6.07, 6.45) is 5.27. The van der Waals surface area contributed by atoms with Gasteiger partial charge in [0.05, 0.1) is 4.47 Å². The number of hydrogen-bond donors (Lipinski definition) is 0. The lowest BCUT2D eigenvalue weighted by molar-refractivity contribution is 0.0887. The van der Waals surface area contributed by atoms with E-state index in [-0.39, 0.29) is 11.9 Å². The molecule has 1 aromatic carbocycles. The van der Waals surface area contributed by atoms with Crippen molar-refractivity contribution in [3.05, 3.63) is 52.5 Å². The predicted octanol–water partition coefficient (Wildman–Crippen LogP) is 3.42. The van der Waals surface area contributed by atoms with Crippen molar-refractivity contribution >= 4 is 15.9 Å². The molecule has 0 spiro atoms. The molecule has 1 aliphatic heterocycles. The third-order valence-electron chi connectivity index (χ3n) is 3.76. The quantitative estimate of drug-likeness (QED) is 0.831. The van der Waals surface area contributed by atoms with Gasteiger partial charge < -0.3 is 4.74 Å². The van der Waals surface area contributed by atoms with E-state index in [9.17, 15) is 4.39 Å². The minimum Gasteiger partial charge on any atom is -0.460 e. The van der Waals surface area contributed by atoms with Gasteiger partial charge in [-0.15, -0.1) is 0 Å². The van der Waals surface area contributed by atoms with Crippen molar-refractivity contribution < 1.29 is 9.13 Å². The molecule has 1 aliphatic rings. The Balaban J connectivity index is 1.50. The molecule has 0 bridgehead atoms. The van der Waals surface area contributed by atoms with Crippen molar-refractivity contribution in [1.82, 2.24) is 14.9 Å². The Morgan fingerprint density at radius 2 is 1.86 bits per heavy atom. The van der Waals surface area contributed by atoms with Gasteiger partial charge in [-0.25, -0.2) is 14.4 Å². The third-order valence-corrected chi connectivity index (χ3v) is 4.16. The number of halogens is 2. The summed E-state index contributed by atoms with van der Waals surface area (Å²) in [4.78, 5) is 10.5. The molecule has 22 heavy (non-hydrogen) atoms. The first-order chi connectivity index (χ1) is 10.7. The summed E-state index contributed by atoms with van der Waals surface area (Å²) in [5, 5.41) is 0. The predicted molar refractivity (Wildman–Crippen MR) is 85.1 cm³/mol. The number of likely N-dealkylation sites (tertiary alicyclic amines) is 1. The minimum absolute atomic E-state index is 0.123. The maximum Gasteiger partial charge on any atom is 0.316 e. The lowest BCUT2D eigenvalue weighted by atomic mass is 10.1. The van der Waals surface area contributed by atoms with E-state index >= 15 is 0 Å². The van der Waals surface area contributed by atoms with Crippen LogP contribution >= 0.6 is 15.9 Å². The first-order valence-corrected chi connectivity index (χ1v) is 8.10. The average Bonchev–Trinajstić information content (AvgIpc) is 2.54. The highest BCUT2D eigenvalue weighted by atomic mass is 79.9. The fourth-order valence-electron chi connectivity index (χ4n) is 2.56. The Bertz CT molecular complexity index is 615. The van der Waals surface area contributed by atoms with Crippen molar-refractivity contribution in [2.24, 2.45) is 0 Å². The summed E-state index contributed by atoms with van der Waals surface area (Å²) in [5.41, 5.74) is 0.748. The van der Waals surface area contributed by atoms with E-state index in [1.165, 1.54) is 6.07 Å². The number of hydrogen-bond acceptors (Lipinski definition) is 4. The Kier molecular flexibility index (Phi) is 5.00. The van der Waals surface area contributed by atoms with Gasteiger partial charge >= 0.3 is 6.01 Å². The SMILES string of the molecule is Fc1ccccc1CN1CCC(Oc2ncc(Br)cn2)CC1. The lowest BCUT2D eigenvalue weighted by Gasteiger charge is -2.31. The van der Waals surface area contributed by atoms with E-state index < -0.39 is 0 Å². The Labute approximate surface area is 137 Å². The molecule has 0 aliphatic carbocycles. The van der Waals surface area contributed by atoms with Crippen molar-refractivity contribution in [1.29, 1.82) is 0 Å². The van der Waals surface area contributed by atoms with E-state index in [0.29, 0.717) is 12.6 Å². The maximum absolute atomic E-state index is 13.7. The Morgan fingerprint density at radius 3 is 2.55 bits per heavy atom. The molecule has 0 atom stereocenters. The zero-order valence-electron chi connectivity index (χ0n) is 12.1. The fourth-order valence-corrected chi connectivity index (χ4v) is 2.77. The van der Waals surface area contributed by atoms with Crippen molar-refractivity contribution in [2.75, 3.05) is 13.1 Å². The largest absolute Gasteiger partial charge is 0.460 e. The van der Waals surface area contributed by atoms with E-state index in [2.05, 4.69) is 30.8 Å². The number of ether oxygens (including phenoxy) is 1. The van der Waals surface area contributed by atoms with E-state index in [1.54, 1.807) is 18.5 Å². The summed E-state index contributed by atoms with van der Waals surface area (Å²) < 4.78 is 20.3. The van der Waals surface area contributed by atoms with Crippen LogP contribution in [0.4, 0.5) is 4.39 Å². The van der Waals surface area contributed by atoms with Crippen LogP contribution in [-0.4, -0.2) is 34.1 Å². The number of benzene rings is 1. The molecule has 116 valence electrons. The number of piperidine rings is 1. The summed E-state index contributed by atoms with van der Waals surface area (Å²) in [6.45, 7) is 2.42. The van der Waals surface area contributed by atoms with Gasteiger partial charge in [-0.2, -0.15) is 0 Å². The molecule has 0 saturated carbocycles. The van der Waals surface area contributed by atoms with Gasteiger partial charge in [0.15, 0.2) is 0 Å². The molecule has 3 rings (SSSR count). The Hall–Kier alpha value is -1.53. The monoisotopic (exact) mass is 365 g/mol. The van der Waals surface area contributed by atoms with Crippen molar-refractivity contribution in [2.45, 2.75) is 25.5 Å².